The minimum absolute atomic E-state index is 0.159. The zero-order chi connectivity index (χ0) is 21.7. The summed E-state index contributed by atoms with van der Waals surface area (Å²) in [7, 11) is 1.23. The number of carbonyl (C=O) groups excluding carboxylic acids is 3. The van der Waals surface area contributed by atoms with E-state index in [-0.39, 0.29) is 34.9 Å². The number of hydrogen-bond donors (Lipinski definition) is 1. The van der Waals surface area contributed by atoms with Crippen molar-refractivity contribution in [3.05, 3.63) is 71.2 Å². The van der Waals surface area contributed by atoms with E-state index in [1.807, 2.05) is 0 Å². The fourth-order valence-electron chi connectivity index (χ4n) is 2.96. The summed E-state index contributed by atoms with van der Waals surface area (Å²) in [5, 5.41) is 0. The molecular formula is C22H20N2O6. The van der Waals surface area contributed by atoms with Gasteiger partial charge in [0.1, 0.15) is 11.5 Å². The molecule has 0 saturated heterocycles. The molecule has 0 atom stereocenters. The first-order valence-electron chi connectivity index (χ1n) is 9.09. The van der Waals surface area contributed by atoms with Crippen LogP contribution in [0.2, 0.25) is 0 Å². The first-order valence-corrected chi connectivity index (χ1v) is 9.09. The lowest BCUT2D eigenvalue weighted by molar-refractivity contribution is -0.133. The molecule has 0 saturated carbocycles. The van der Waals surface area contributed by atoms with Crippen molar-refractivity contribution >= 4 is 17.7 Å². The molecule has 0 aliphatic rings. The van der Waals surface area contributed by atoms with E-state index in [1.165, 1.54) is 14.0 Å². The number of rotatable bonds is 7. The van der Waals surface area contributed by atoms with E-state index in [0.29, 0.717) is 17.2 Å². The summed E-state index contributed by atoms with van der Waals surface area (Å²) < 4.78 is 15.8. The van der Waals surface area contributed by atoms with Crippen molar-refractivity contribution in [1.82, 2.24) is 9.97 Å². The second kappa shape index (κ2) is 9.04. The third-order valence-corrected chi connectivity index (χ3v) is 4.29. The van der Waals surface area contributed by atoms with Gasteiger partial charge in [0.2, 0.25) is 5.88 Å². The molecule has 0 aliphatic carbocycles. The average Bonchev–Trinajstić information content (AvgIpc) is 3.04. The summed E-state index contributed by atoms with van der Waals surface area (Å²) in [6.45, 7) is 2.99. The Morgan fingerprint density at radius 1 is 1.07 bits per heavy atom. The second-order valence-corrected chi connectivity index (χ2v) is 6.42. The van der Waals surface area contributed by atoms with Crippen molar-refractivity contribution in [3.63, 3.8) is 0 Å². The van der Waals surface area contributed by atoms with Gasteiger partial charge in [-0.15, -0.1) is 0 Å². The number of Topliss-reactive ketones (excluding diaryl/α,β-unsaturated/α-hetero) is 1. The largest absolute Gasteiger partial charge is 0.465 e. The van der Waals surface area contributed by atoms with Gasteiger partial charge < -0.3 is 19.2 Å². The maximum absolute atomic E-state index is 12.5. The van der Waals surface area contributed by atoms with Crippen molar-refractivity contribution in [2.45, 2.75) is 20.3 Å². The number of ketones is 1. The van der Waals surface area contributed by atoms with E-state index >= 15 is 0 Å². The Balaban J connectivity index is 1.76. The Hall–Kier alpha value is -3.94. The van der Waals surface area contributed by atoms with Crippen LogP contribution in [0, 0.1) is 6.92 Å². The fraction of sp³-hybridized carbons (Fsp3) is 0.182. The molecule has 30 heavy (non-hydrogen) atoms. The second-order valence-electron chi connectivity index (χ2n) is 6.42. The SMILES string of the molecule is COC(=O)c1c(CC(=O)Oc2cccc(Oc3ccccn3)c2)[nH]c(C(C)=O)c1C. The van der Waals surface area contributed by atoms with E-state index in [1.54, 1.807) is 55.6 Å². The van der Waals surface area contributed by atoms with Crippen LogP contribution in [0.15, 0.2) is 48.7 Å². The van der Waals surface area contributed by atoms with Crippen molar-refractivity contribution in [1.29, 1.82) is 0 Å². The summed E-state index contributed by atoms with van der Waals surface area (Å²) >= 11 is 0. The summed E-state index contributed by atoms with van der Waals surface area (Å²) in [5.41, 5.74) is 1.11. The molecule has 0 unspecified atom stereocenters. The van der Waals surface area contributed by atoms with Crippen LogP contribution in [0.25, 0.3) is 0 Å². The lowest BCUT2D eigenvalue weighted by Gasteiger charge is -2.08. The van der Waals surface area contributed by atoms with Gasteiger partial charge in [-0.2, -0.15) is 0 Å². The summed E-state index contributed by atoms with van der Waals surface area (Å²) in [4.78, 5) is 43.3. The Kier molecular flexibility index (Phi) is 6.26. The molecule has 0 aliphatic heterocycles. The van der Waals surface area contributed by atoms with Crippen LogP contribution in [0.5, 0.6) is 17.4 Å². The van der Waals surface area contributed by atoms with Crippen molar-refractivity contribution < 1.29 is 28.6 Å². The molecule has 154 valence electrons. The third kappa shape index (κ3) is 4.72. The number of aromatic amines is 1. The first-order chi connectivity index (χ1) is 14.4. The minimum Gasteiger partial charge on any atom is -0.465 e. The highest BCUT2D eigenvalue weighted by atomic mass is 16.5. The number of esters is 2. The molecule has 1 N–H and O–H groups in total. The van der Waals surface area contributed by atoms with E-state index < -0.39 is 11.9 Å². The van der Waals surface area contributed by atoms with Gasteiger partial charge in [-0.25, -0.2) is 9.78 Å². The number of pyridine rings is 1. The number of H-pyrrole nitrogens is 1. The van der Waals surface area contributed by atoms with Crippen LogP contribution >= 0.6 is 0 Å². The summed E-state index contributed by atoms with van der Waals surface area (Å²) in [6.07, 6.45) is 1.36. The molecule has 0 bridgehead atoms. The number of hydrogen-bond acceptors (Lipinski definition) is 7. The number of nitrogens with one attached hydrogen (secondary N) is 1. The van der Waals surface area contributed by atoms with E-state index in [9.17, 15) is 14.4 Å². The van der Waals surface area contributed by atoms with Crippen LogP contribution in [-0.4, -0.2) is 34.8 Å². The molecule has 0 spiro atoms. The molecule has 8 heteroatoms. The molecule has 0 fully saturated rings. The normalized spacial score (nSPS) is 10.4. The lowest BCUT2D eigenvalue weighted by Crippen LogP contribution is -2.14. The van der Waals surface area contributed by atoms with Crippen molar-refractivity contribution in [2.75, 3.05) is 7.11 Å². The van der Waals surface area contributed by atoms with Crippen molar-refractivity contribution in [2.24, 2.45) is 0 Å². The zero-order valence-corrected chi connectivity index (χ0v) is 16.7. The van der Waals surface area contributed by atoms with Gasteiger partial charge >= 0.3 is 11.9 Å². The quantitative estimate of drug-likeness (QED) is 0.361. The maximum Gasteiger partial charge on any atom is 0.339 e. The summed E-state index contributed by atoms with van der Waals surface area (Å²) in [6, 6.07) is 11.8. The fourth-order valence-corrected chi connectivity index (χ4v) is 2.96. The van der Waals surface area contributed by atoms with Crippen LogP contribution in [0.1, 0.15) is 39.0 Å². The number of benzene rings is 1. The molecule has 2 aromatic heterocycles. The molecular weight excluding hydrogens is 388 g/mol. The van der Waals surface area contributed by atoms with Crippen LogP contribution < -0.4 is 9.47 Å². The number of ether oxygens (including phenoxy) is 3. The van der Waals surface area contributed by atoms with Gasteiger partial charge in [0.15, 0.2) is 5.78 Å². The number of nitrogens with zero attached hydrogens (tertiary/aromatic N) is 1. The van der Waals surface area contributed by atoms with Gasteiger partial charge in [-0.05, 0) is 30.7 Å². The monoisotopic (exact) mass is 408 g/mol. The number of methoxy groups -OCH3 is 1. The highest BCUT2D eigenvalue weighted by molar-refractivity contribution is 6.01. The smallest absolute Gasteiger partial charge is 0.339 e. The van der Waals surface area contributed by atoms with Crippen LogP contribution in [0.3, 0.4) is 0 Å². The Morgan fingerprint density at radius 3 is 2.50 bits per heavy atom. The molecule has 3 aromatic rings. The van der Waals surface area contributed by atoms with E-state index in [0.717, 1.165) is 0 Å². The van der Waals surface area contributed by atoms with E-state index in [2.05, 4.69) is 9.97 Å². The standard InChI is InChI=1S/C22H20N2O6/c1-13-20(22(27)28-3)17(24-21(13)14(2)25)12-19(26)30-16-8-6-7-15(11-16)29-18-9-4-5-10-23-18/h4-11,24H,12H2,1-3H3. The van der Waals surface area contributed by atoms with Gasteiger partial charge in [0.25, 0.3) is 0 Å². The van der Waals surface area contributed by atoms with Crippen LogP contribution in [-0.2, 0) is 16.0 Å². The molecule has 1 aromatic carbocycles. The Bertz CT molecular complexity index is 1090. The highest BCUT2D eigenvalue weighted by Gasteiger charge is 2.25. The molecule has 0 amide bonds. The molecule has 0 radical (unpaired) electrons. The predicted molar refractivity (Wildman–Crippen MR) is 107 cm³/mol. The van der Waals surface area contributed by atoms with Gasteiger partial charge in [0, 0.05) is 30.9 Å². The Labute approximate surface area is 172 Å². The van der Waals surface area contributed by atoms with Gasteiger partial charge in [-0.1, -0.05) is 12.1 Å². The average molecular weight is 408 g/mol. The topological polar surface area (TPSA) is 108 Å². The van der Waals surface area contributed by atoms with E-state index in [4.69, 9.17) is 14.2 Å². The zero-order valence-electron chi connectivity index (χ0n) is 16.7. The molecule has 2 heterocycles. The molecule has 3 rings (SSSR count). The van der Waals surface area contributed by atoms with Crippen molar-refractivity contribution in [3.8, 4) is 17.4 Å². The number of aromatic nitrogens is 2. The molecule has 8 nitrogen and oxygen atoms in total. The highest BCUT2D eigenvalue weighted by Crippen LogP contribution is 2.25. The first kappa shape index (κ1) is 20.8. The summed E-state index contributed by atoms with van der Waals surface area (Å²) in [5.74, 6) is -0.387. The predicted octanol–water partition coefficient (Wildman–Crippen LogP) is 3.65. The van der Waals surface area contributed by atoms with Gasteiger partial charge in [0.05, 0.1) is 24.8 Å². The lowest BCUT2D eigenvalue weighted by atomic mass is 10.1. The Morgan fingerprint density at radius 2 is 1.83 bits per heavy atom. The van der Waals surface area contributed by atoms with Crippen LogP contribution in [0.4, 0.5) is 0 Å². The maximum atomic E-state index is 12.5. The minimum atomic E-state index is -0.634. The third-order valence-electron chi connectivity index (χ3n) is 4.29. The van der Waals surface area contributed by atoms with Gasteiger partial charge in [-0.3, -0.25) is 9.59 Å². The number of carbonyl (C=O) groups is 3.